The largest absolute Gasteiger partial charge is 0.347 e. The Hall–Kier alpha value is -2.18. The molecule has 1 aliphatic carbocycles. The average Bonchev–Trinajstić information content (AvgIpc) is 3.15. The van der Waals surface area contributed by atoms with E-state index in [1.54, 1.807) is 4.68 Å². The van der Waals surface area contributed by atoms with Gasteiger partial charge in [-0.25, -0.2) is 9.67 Å². The van der Waals surface area contributed by atoms with Crippen molar-refractivity contribution in [1.82, 2.24) is 20.1 Å². The molecule has 1 amide bonds. The standard InChI is InChI=1S/C21H20BrClN4O/c22-15-9-11-18(12-10-15)27-20(14-5-4-6-16(23)13-14)25-19(26-27)21(28)24-17-7-2-1-3-8-17/h4-6,9-13,17H,1-3,7-8H2,(H,24,28). The quantitative estimate of drug-likeness (QED) is 0.567. The van der Waals surface area contributed by atoms with Crippen molar-refractivity contribution >= 4 is 33.4 Å². The zero-order valence-electron chi connectivity index (χ0n) is 15.2. The Labute approximate surface area is 177 Å². The lowest BCUT2D eigenvalue weighted by Gasteiger charge is -2.21. The normalized spacial score (nSPS) is 14.8. The second kappa shape index (κ2) is 8.45. The van der Waals surface area contributed by atoms with Gasteiger partial charge in [0.05, 0.1) is 5.69 Å². The van der Waals surface area contributed by atoms with Crippen LogP contribution in [0.3, 0.4) is 0 Å². The Morgan fingerprint density at radius 2 is 1.86 bits per heavy atom. The number of hydrogen-bond donors (Lipinski definition) is 1. The molecule has 1 N–H and O–H groups in total. The fourth-order valence-electron chi connectivity index (χ4n) is 3.48. The summed E-state index contributed by atoms with van der Waals surface area (Å²) in [5, 5.41) is 8.21. The molecule has 1 saturated carbocycles. The highest BCUT2D eigenvalue weighted by molar-refractivity contribution is 9.10. The summed E-state index contributed by atoms with van der Waals surface area (Å²) in [5.74, 6) is 0.521. The first-order chi connectivity index (χ1) is 13.6. The molecule has 1 heterocycles. The molecule has 2 aromatic carbocycles. The summed E-state index contributed by atoms with van der Waals surface area (Å²) in [6.07, 6.45) is 5.57. The van der Waals surface area contributed by atoms with E-state index in [-0.39, 0.29) is 17.8 Å². The molecule has 1 aromatic heterocycles. The number of carbonyl (C=O) groups is 1. The summed E-state index contributed by atoms with van der Waals surface area (Å²) in [5.41, 5.74) is 1.63. The molecule has 0 radical (unpaired) electrons. The van der Waals surface area contributed by atoms with Crippen molar-refractivity contribution in [1.29, 1.82) is 0 Å². The molecule has 0 atom stereocenters. The Kier molecular flexibility index (Phi) is 5.78. The average molecular weight is 460 g/mol. The molecule has 0 unspecified atom stereocenters. The van der Waals surface area contributed by atoms with Crippen LogP contribution in [0.2, 0.25) is 5.02 Å². The van der Waals surface area contributed by atoms with Gasteiger partial charge in [0.15, 0.2) is 5.82 Å². The third kappa shape index (κ3) is 4.28. The van der Waals surface area contributed by atoms with E-state index in [4.69, 9.17) is 11.6 Å². The first kappa shape index (κ1) is 19.2. The number of nitrogens with zero attached hydrogens (tertiary/aromatic N) is 3. The molecule has 144 valence electrons. The van der Waals surface area contributed by atoms with E-state index in [2.05, 4.69) is 31.3 Å². The summed E-state index contributed by atoms with van der Waals surface area (Å²) in [6.45, 7) is 0. The highest BCUT2D eigenvalue weighted by Gasteiger charge is 2.22. The van der Waals surface area contributed by atoms with Crippen molar-refractivity contribution in [2.24, 2.45) is 0 Å². The van der Waals surface area contributed by atoms with Gasteiger partial charge < -0.3 is 5.32 Å². The minimum Gasteiger partial charge on any atom is -0.347 e. The van der Waals surface area contributed by atoms with E-state index in [0.717, 1.165) is 41.4 Å². The van der Waals surface area contributed by atoms with Crippen molar-refractivity contribution in [3.8, 4) is 17.1 Å². The van der Waals surface area contributed by atoms with Crippen LogP contribution >= 0.6 is 27.5 Å². The summed E-state index contributed by atoms with van der Waals surface area (Å²) >= 11 is 9.62. The summed E-state index contributed by atoms with van der Waals surface area (Å²) < 4.78 is 2.66. The van der Waals surface area contributed by atoms with Crippen LogP contribution in [0.15, 0.2) is 53.0 Å². The van der Waals surface area contributed by atoms with Gasteiger partial charge in [0.2, 0.25) is 5.82 Å². The molecule has 3 aromatic rings. The van der Waals surface area contributed by atoms with E-state index >= 15 is 0 Å². The Balaban J connectivity index is 1.71. The van der Waals surface area contributed by atoms with Crippen LogP contribution in [0.25, 0.3) is 17.1 Å². The number of aromatic nitrogens is 3. The van der Waals surface area contributed by atoms with E-state index in [9.17, 15) is 4.79 Å². The van der Waals surface area contributed by atoms with Crippen molar-refractivity contribution in [3.63, 3.8) is 0 Å². The summed E-state index contributed by atoms with van der Waals surface area (Å²) in [7, 11) is 0. The molecule has 1 aliphatic rings. The minimum atomic E-state index is -0.231. The van der Waals surface area contributed by atoms with Crippen LogP contribution in [0.1, 0.15) is 42.7 Å². The van der Waals surface area contributed by atoms with Crippen molar-refractivity contribution < 1.29 is 4.79 Å². The maximum absolute atomic E-state index is 12.8. The van der Waals surface area contributed by atoms with Crippen LogP contribution in [0.5, 0.6) is 0 Å². The molecular weight excluding hydrogens is 440 g/mol. The molecule has 5 nitrogen and oxygen atoms in total. The first-order valence-electron chi connectivity index (χ1n) is 9.40. The third-order valence-corrected chi connectivity index (χ3v) is 5.67. The minimum absolute atomic E-state index is 0.170. The predicted molar refractivity (Wildman–Crippen MR) is 114 cm³/mol. The second-order valence-electron chi connectivity index (χ2n) is 6.97. The van der Waals surface area contributed by atoms with Gasteiger partial charge in [0.25, 0.3) is 5.91 Å². The molecule has 0 aliphatic heterocycles. The van der Waals surface area contributed by atoms with Gasteiger partial charge >= 0.3 is 0 Å². The highest BCUT2D eigenvalue weighted by Crippen LogP contribution is 2.25. The molecule has 7 heteroatoms. The van der Waals surface area contributed by atoms with Gasteiger partial charge in [-0.15, -0.1) is 5.10 Å². The molecule has 1 fully saturated rings. The van der Waals surface area contributed by atoms with Crippen LogP contribution in [-0.2, 0) is 0 Å². The van der Waals surface area contributed by atoms with E-state index in [1.807, 2.05) is 48.5 Å². The number of carbonyl (C=O) groups excluding carboxylic acids is 1. The Morgan fingerprint density at radius 3 is 2.57 bits per heavy atom. The zero-order valence-corrected chi connectivity index (χ0v) is 17.6. The molecule has 0 saturated heterocycles. The topological polar surface area (TPSA) is 59.8 Å². The lowest BCUT2D eigenvalue weighted by Crippen LogP contribution is -2.36. The maximum atomic E-state index is 12.8. The number of benzene rings is 2. The predicted octanol–water partition coefficient (Wildman–Crippen LogP) is 5.41. The number of hydrogen-bond acceptors (Lipinski definition) is 3. The smallest absolute Gasteiger partial charge is 0.291 e. The van der Waals surface area contributed by atoms with Gasteiger partial charge in [-0.1, -0.05) is 58.9 Å². The number of amides is 1. The number of rotatable bonds is 4. The summed E-state index contributed by atoms with van der Waals surface area (Å²) in [4.78, 5) is 17.3. The van der Waals surface area contributed by atoms with Crippen molar-refractivity contribution in [3.05, 3.63) is 63.9 Å². The maximum Gasteiger partial charge on any atom is 0.291 e. The zero-order chi connectivity index (χ0) is 19.5. The second-order valence-corrected chi connectivity index (χ2v) is 8.32. The lowest BCUT2D eigenvalue weighted by molar-refractivity contribution is 0.0917. The molecule has 4 rings (SSSR count). The van der Waals surface area contributed by atoms with Gasteiger partial charge in [0, 0.05) is 21.1 Å². The van der Waals surface area contributed by atoms with Crippen molar-refractivity contribution in [2.75, 3.05) is 0 Å². The SMILES string of the molecule is O=C(NC1CCCCC1)c1nc(-c2cccc(Cl)c2)n(-c2ccc(Br)cc2)n1. The van der Waals surface area contributed by atoms with Crippen LogP contribution in [0, 0.1) is 0 Å². The van der Waals surface area contributed by atoms with Crippen LogP contribution in [0.4, 0.5) is 0 Å². The Bertz CT molecular complexity index is 980. The van der Waals surface area contributed by atoms with E-state index < -0.39 is 0 Å². The van der Waals surface area contributed by atoms with Crippen LogP contribution in [-0.4, -0.2) is 26.7 Å². The highest BCUT2D eigenvalue weighted by atomic mass is 79.9. The van der Waals surface area contributed by atoms with E-state index in [0.29, 0.717) is 10.8 Å². The fourth-order valence-corrected chi connectivity index (χ4v) is 3.94. The van der Waals surface area contributed by atoms with E-state index in [1.165, 1.54) is 6.42 Å². The fraction of sp³-hybridized carbons (Fsp3) is 0.286. The van der Waals surface area contributed by atoms with Crippen molar-refractivity contribution in [2.45, 2.75) is 38.1 Å². The number of nitrogens with one attached hydrogen (secondary N) is 1. The van der Waals surface area contributed by atoms with Gasteiger partial charge in [-0.2, -0.15) is 0 Å². The summed E-state index contributed by atoms with van der Waals surface area (Å²) in [6, 6.07) is 15.3. The number of halogens is 2. The van der Waals surface area contributed by atoms with Crippen LogP contribution < -0.4 is 5.32 Å². The third-order valence-electron chi connectivity index (χ3n) is 4.90. The first-order valence-corrected chi connectivity index (χ1v) is 10.6. The molecule has 0 spiro atoms. The van der Waals surface area contributed by atoms with Gasteiger partial charge in [0.1, 0.15) is 0 Å². The lowest BCUT2D eigenvalue weighted by atomic mass is 9.95. The molecule has 28 heavy (non-hydrogen) atoms. The molecule has 0 bridgehead atoms. The van der Waals surface area contributed by atoms with Gasteiger partial charge in [-0.3, -0.25) is 4.79 Å². The molecular formula is C21H20BrClN4O. The van der Waals surface area contributed by atoms with Gasteiger partial charge in [-0.05, 0) is 49.2 Å². The Morgan fingerprint density at radius 1 is 1.11 bits per heavy atom. The monoisotopic (exact) mass is 458 g/mol.